The molecule has 0 radical (unpaired) electrons. The molecule has 0 bridgehead atoms. The molecule has 0 aliphatic rings. The third-order valence-electron chi connectivity index (χ3n) is 5.42. The minimum absolute atomic E-state index is 0.0896. The first kappa shape index (κ1) is 34.6. The van der Waals surface area contributed by atoms with Crippen LogP contribution in [0.25, 0.3) is 0 Å². The van der Waals surface area contributed by atoms with Gasteiger partial charge in [-0.2, -0.15) is 0 Å². The van der Waals surface area contributed by atoms with Gasteiger partial charge in [0.15, 0.2) is 0 Å². The van der Waals surface area contributed by atoms with Crippen LogP contribution in [0.4, 0.5) is 9.59 Å². The second-order valence-corrected chi connectivity index (χ2v) is 8.79. The topological polar surface area (TPSA) is 273 Å². The van der Waals surface area contributed by atoms with Crippen molar-refractivity contribution in [1.82, 2.24) is 10.6 Å². The molecule has 0 heterocycles. The van der Waals surface area contributed by atoms with Crippen molar-refractivity contribution in [1.29, 1.82) is 0 Å². The molecule has 0 aliphatic carbocycles. The summed E-state index contributed by atoms with van der Waals surface area (Å²) in [7, 11) is 0. The van der Waals surface area contributed by atoms with Gasteiger partial charge in [-0.05, 0) is 6.42 Å². The summed E-state index contributed by atoms with van der Waals surface area (Å²) in [5, 5.41) is 79.6. The molecule has 0 rings (SSSR count). The Morgan fingerprint density at radius 2 is 1.11 bits per heavy atom. The van der Waals surface area contributed by atoms with E-state index in [1.807, 2.05) is 10.6 Å². The minimum Gasteiger partial charge on any atom is -0.449 e. The van der Waals surface area contributed by atoms with E-state index >= 15 is 0 Å². The second-order valence-electron chi connectivity index (χ2n) is 8.79. The number of carbonyl (C=O) groups is 4. The lowest BCUT2D eigenvalue weighted by atomic mass is 9.87. The lowest BCUT2D eigenvalue weighted by Crippen LogP contribution is -2.54. The SMILES string of the molecule is CCCC(C)(COC(=O)N[C@H](C=O)[C@@H](O)[C@H](O)[C@H](O)CO)COC(=O)N[C@H](C=O)[C@@H](O)[C@H](O)[C@H](O)CO. The third kappa shape index (κ3) is 11.7. The average molecular weight is 543 g/mol. The first-order chi connectivity index (χ1) is 17.3. The number of hydrogen-bond acceptors (Lipinski definition) is 14. The zero-order valence-corrected chi connectivity index (χ0v) is 20.5. The number of aliphatic hydroxyl groups excluding tert-OH is 8. The van der Waals surface area contributed by atoms with Crippen molar-refractivity contribution in [3.05, 3.63) is 0 Å². The fourth-order valence-corrected chi connectivity index (χ4v) is 3.12. The monoisotopic (exact) mass is 542 g/mol. The number of nitrogens with one attached hydrogen (secondary N) is 2. The summed E-state index contributed by atoms with van der Waals surface area (Å²) >= 11 is 0. The van der Waals surface area contributed by atoms with Gasteiger partial charge in [-0.3, -0.25) is 0 Å². The zero-order chi connectivity index (χ0) is 28.8. The summed E-state index contributed by atoms with van der Waals surface area (Å²) in [5.41, 5.74) is -0.979. The summed E-state index contributed by atoms with van der Waals surface area (Å²) in [6.45, 7) is 0.842. The largest absolute Gasteiger partial charge is 0.449 e. The number of alkyl carbamates (subject to hydrolysis) is 2. The molecule has 16 nitrogen and oxygen atoms in total. The number of ether oxygens (including phenoxy) is 2. The highest BCUT2D eigenvalue weighted by Gasteiger charge is 2.35. The van der Waals surface area contributed by atoms with E-state index in [4.69, 9.17) is 19.7 Å². The van der Waals surface area contributed by atoms with Crippen LogP contribution in [0, 0.1) is 5.41 Å². The van der Waals surface area contributed by atoms with E-state index < -0.39 is 79.5 Å². The highest BCUT2D eigenvalue weighted by molar-refractivity contribution is 5.74. The first-order valence-corrected chi connectivity index (χ1v) is 11.4. The fraction of sp³-hybridized carbons (Fsp3) is 0.810. The molecule has 16 heteroatoms. The fourth-order valence-electron chi connectivity index (χ4n) is 3.12. The Bertz CT molecular complexity index is 659. The van der Waals surface area contributed by atoms with Crippen LogP contribution in [0.3, 0.4) is 0 Å². The lowest BCUT2D eigenvalue weighted by Gasteiger charge is -2.30. The molecule has 0 fully saturated rings. The number of rotatable bonds is 18. The van der Waals surface area contributed by atoms with E-state index in [1.54, 1.807) is 13.8 Å². The molecular formula is C21H38N2O14. The van der Waals surface area contributed by atoms with Crippen LogP contribution in [-0.4, -0.2) is 141 Å². The van der Waals surface area contributed by atoms with Crippen molar-refractivity contribution in [2.75, 3.05) is 26.4 Å². The van der Waals surface area contributed by atoms with E-state index in [2.05, 4.69) is 0 Å². The molecular weight excluding hydrogens is 504 g/mol. The smallest absolute Gasteiger partial charge is 0.407 e. The predicted octanol–water partition coefficient (Wildman–Crippen LogP) is -4.47. The molecule has 0 spiro atoms. The van der Waals surface area contributed by atoms with Gasteiger partial charge < -0.3 is 70.5 Å². The van der Waals surface area contributed by atoms with Crippen LogP contribution in [0.2, 0.25) is 0 Å². The molecule has 0 aromatic rings. The average Bonchev–Trinajstić information content (AvgIpc) is 2.89. The molecule has 0 aromatic carbocycles. The van der Waals surface area contributed by atoms with E-state index in [0.29, 0.717) is 12.8 Å². The summed E-state index contributed by atoms with van der Waals surface area (Å²) in [6, 6.07) is -3.37. The molecule has 37 heavy (non-hydrogen) atoms. The molecule has 0 unspecified atom stereocenters. The number of aliphatic hydroxyl groups is 8. The lowest BCUT2D eigenvalue weighted by molar-refractivity contribution is -0.120. The van der Waals surface area contributed by atoms with Gasteiger partial charge in [-0.25, -0.2) is 9.59 Å². The van der Waals surface area contributed by atoms with Crippen molar-refractivity contribution in [3.8, 4) is 0 Å². The Labute approximate surface area is 212 Å². The van der Waals surface area contributed by atoms with Gasteiger partial charge in [0.25, 0.3) is 0 Å². The Hall–Kier alpha value is -2.44. The van der Waals surface area contributed by atoms with Crippen LogP contribution in [0.1, 0.15) is 26.7 Å². The summed E-state index contributed by atoms with van der Waals surface area (Å²) in [5.74, 6) is 0. The zero-order valence-electron chi connectivity index (χ0n) is 20.5. The van der Waals surface area contributed by atoms with E-state index in [-0.39, 0.29) is 25.8 Å². The van der Waals surface area contributed by atoms with E-state index in [1.165, 1.54) is 0 Å². The standard InChI is InChI=1S/C21H38N2O14/c1-3-4-21(2,9-36-19(34)22-11(5-24)15(30)17(32)13(28)7-26)10-37-20(35)23-12(6-25)16(31)18(33)14(29)8-27/h5-6,11-18,26-33H,3-4,7-10H2,1-2H3,(H,22,34)(H,23,35)/t11-,12-,13-,14-,15-,16-,17-,18-/m1/s1. The highest BCUT2D eigenvalue weighted by Crippen LogP contribution is 2.24. The van der Waals surface area contributed by atoms with Gasteiger partial charge in [0.05, 0.1) is 13.2 Å². The van der Waals surface area contributed by atoms with Crippen LogP contribution in [0.15, 0.2) is 0 Å². The Balaban J connectivity index is 5.01. The summed E-state index contributed by atoms with van der Waals surface area (Å²) in [4.78, 5) is 46.7. The first-order valence-electron chi connectivity index (χ1n) is 11.4. The molecule has 0 aliphatic heterocycles. The van der Waals surface area contributed by atoms with Crippen molar-refractivity contribution in [3.63, 3.8) is 0 Å². The van der Waals surface area contributed by atoms with Gasteiger partial charge in [0.2, 0.25) is 0 Å². The van der Waals surface area contributed by atoms with Gasteiger partial charge in [-0.15, -0.1) is 0 Å². The summed E-state index contributed by atoms with van der Waals surface area (Å²) < 4.78 is 10.1. The number of carbonyl (C=O) groups excluding carboxylic acids is 4. The number of aldehydes is 2. The molecule has 0 saturated carbocycles. The van der Waals surface area contributed by atoms with Crippen LogP contribution >= 0.6 is 0 Å². The molecule has 8 atom stereocenters. The van der Waals surface area contributed by atoms with Crippen molar-refractivity contribution in [2.24, 2.45) is 5.41 Å². The predicted molar refractivity (Wildman–Crippen MR) is 122 cm³/mol. The van der Waals surface area contributed by atoms with Gasteiger partial charge in [-0.1, -0.05) is 20.3 Å². The molecule has 0 aromatic heterocycles. The van der Waals surface area contributed by atoms with Crippen molar-refractivity contribution < 1.29 is 69.5 Å². The third-order valence-corrected chi connectivity index (χ3v) is 5.42. The Morgan fingerprint density at radius 3 is 1.38 bits per heavy atom. The maximum Gasteiger partial charge on any atom is 0.407 e. The molecule has 216 valence electrons. The number of hydrogen-bond donors (Lipinski definition) is 10. The Morgan fingerprint density at radius 1 is 0.757 bits per heavy atom. The van der Waals surface area contributed by atoms with Gasteiger partial charge >= 0.3 is 12.2 Å². The summed E-state index contributed by atoms with van der Waals surface area (Å²) in [6.07, 6.45) is -12.6. The van der Waals surface area contributed by atoms with E-state index in [0.717, 1.165) is 0 Å². The van der Waals surface area contributed by atoms with E-state index in [9.17, 15) is 49.8 Å². The maximum absolute atomic E-state index is 12.1. The van der Waals surface area contributed by atoms with Gasteiger partial charge in [0.1, 0.15) is 74.5 Å². The number of amides is 2. The van der Waals surface area contributed by atoms with Crippen LogP contribution in [0.5, 0.6) is 0 Å². The Kier molecular flexibility index (Phi) is 16.0. The molecule has 10 N–H and O–H groups in total. The molecule has 0 saturated heterocycles. The minimum atomic E-state index is -1.96. The maximum atomic E-state index is 12.1. The van der Waals surface area contributed by atoms with Crippen molar-refractivity contribution >= 4 is 24.8 Å². The normalized spacial score (nSPS) is 18.2. The van der Waals surface area contributed by atoms with Crippen molar-refractivity contribution in [2.45, 2.75) is 75.4 Å². The highest BCUT2D eigenvalue weighted by atomic mass is 16.6. The molecule has 2 amide bonds. The second kappa shape index (κ2) is 17.1. The van der Waals surface area contributed by atoms with Crippen LogP contribution < -0.4 is 10.6 Å². The quantitative estimate of drug-likeness (QED) is 0.0732. The van der Waals surface area contributed by atoms with Crippen LogP contribution in [-0.2, 0) is 19.1 Å². The van der Waals surface area contributed by atoms with Gasteiger partial charge in [0, 0.05) is 5.41 Å².